The fourth-order valence-corrected chi connectivity index (χ4v) is 3.20. The molecule has 0 aliphatic carbocycles. The standard InChI is InChI=1S/C22H21NO5/c1-14(24)23-10-9-18-12-21(27-15(2)25)22(28-16(3)26)13-19(18)20(23)11-17-7-5-4-6-8-17/h4-8,11-13H,9-10H2,1-3H3/b20-11+. The number of fused-ring (bicyclic) bond motifs is 1. The lowest BCUT2D eigenvalue weighted by Gasteiger charge is -2.31. The highest BCUT2D eigenvalue weighted by Gasteiger charge is 2.26. The zero-order chi connectivity index (χ0) is 20.3. The highest BCUT2D eigenvalue weighted by atomic mass is 16.6. The number of nitrogens with zero attached hydrogens (tertiary/aromatic N) is 1. The lowest BCUT2D eigenvalue weighted by Crippen LogP contribution is -2.33. The maximum absolute atomic E-state index is 12.2. The van der Waals surface area contributed by atoms with E-state index in [-0.39, 0.29) is 17.4 Å². The third kappa shape index (κ3) is 4.28. The lowest BCUT2D eigenvalue weighted by atomic mass is 9.94. The first kappa shape index (κ1) is 19.4. The second-order valence-electron chi connectivity index (χ2n) is 6.50. The fraction of sp³-hybridized carbons (Fsp3) is 0.227. The Kier molecular flexibility index (Phi) is 5.59. The average molecular weight is 379 g/mol. The first-order chi connectivity index (χ1) is 13.3. The molecular weight excluding hydrogens is 358 g/mol. The van der Waals surface area contributed by atoms with E-state index in [0.717, 1.165) is 16.7 Å². The topological polar surface area (TPSA) is 72.9 Å². The lowest BCUT2D eigenvalue weighted by molar-refractivity contribution is -0.134. The Bertz CT molecular complexity index is 962. The molecule has 2 aromatic rings. The van der Waals surface area contributed by atoms with E-state index in [4.69, 9.17) is 9.47 Å². The van der Waals surface area contributed by atoms with Crippen LogP contribution in [0.2, 0.25) is 0 Å². The second kappa shape index (κ2) is 8.08. The van der Waals surface area contributed by atoms with Gasteiger partial charge in [0.2, 0.25) is 5.91 Å². The summed E-state index contributed by atoms with van der Waals surface area (Å²) in [6.45, 7) is 4.59. The minimum absolute atomic E-state index is 0.0778. The van der Waals surface area contributed by atoms with Crippen molar-refractivity contribution in [2.24, 2.45) is 0 Å². The van der Waals surface area contributed by atoms with Crippen LogP contribution in [0.25, 0.3) is 11.8 Å². The van der Waals surface area contributed by atoms with Crippen LogP contribution in [0.1, 0.15) is 37.5 Å². The van der Waals surface area contributed by atoms with Crippen LogP contribution in [0.15, 0.2) is 42.5 Å². The van der Waals surface area contributed by atoms with Gasteiger partial charge in [-0.1, -0.05) is 30.3 Å². The zero-order valence-corrected chi connectivity index (χ0v) is 16.0. The molecule has 2 aromatic carbocycles. The third-order valence-electron chi connectivity index (χ3n) is 4.33. The molecule has 1 aliphatic rings. The van der Waals surface area contributed by atoms with Gasteiger partial charge in [-0.25, -0.2) is 0 Å². The first-order valence-electron chi connectivity index (χ1n) is 8.94. The van der Waals surface area contributed by atoms with Gasteiger partial charge < -0.3 is 14.4 Å². The summed E-state index contributed by atoms with van der Waals surface area (Å²) in [5.74, 6) is -0.774. The van der Waals surface area contributed by atoms with Crippen LogP contribution in [0.5, 0.6) is 11.5 Å². The molecular formula is C22H21NO5. The van der Waals surface area contributed by atoms with Crippen molar-refractivity contribution in [3.05, 3.63) is 59.2 Å². The van der Waals surface area contributed by atoms with Crippen LogP contribution < -0.4 is 9.47 Å². The molecule has 0 bridgehead atoms. The van der Waals surface area contributed by atoms with Gasteiger partial charge in [-0.2, -0.15) is 0 Å². The minimum Gasteiger partial charge on any atom is -0.423 e. The highest BCUT2D eigenvalue weighted by molar-refractivity contribution is 5.94. The average Bonchev–Trinajstić information content (AvgIpc) is 2.62. The summed E-state index contributed by atoms with van der Waals surface area (Å²) in [5.41, 5.74) is 3.32. The van der Waals surface area contributed by atoms with Gasteiger partial charge in [0.15, 0.2) is 11.5 Å². The number of benzene rings is 2. The van der Waals surface area contributed by atoms with E-state index in [9.17, 15) is 14.4 Å². The molecule has 6 nitrogen and oxygen atoms in total. The molecule has 28 heavy (non-hydrogen) atoms. The molecule has 0 N–H and O–H groups in total. The molecule has 6 heteroatoms. The number of rotatable bonds is 3. The summed E-state index contributed by atoms with van der Waals surface area (Å²) in [7, 11) is 0. The SMILES string of the molecule is CC(=O)Oc1cc2c(cc1OC(C)=O)/C(=C\c1ccccc1)N(C(C)=O)CC2. The van der Waals surface area contributed by atoms with Gasteiger partial charge in [-0.3, -0.25) is 14.4 Å². The molecule has 0 radical (unpaired) electrons. The largest absolute Gasteiger partial charge is 0.423 e. The Morgan fingerprint density at radius 1 is 0.929 bits per heavy atom. The van der Waals surface area contributed by atoms with Crippen LogP contribution in [0.3, 0.4) is 0 Å². The summed E-state index contributed by atoms with van der Waals surface area (Å²) in [4.78, 5) is 36.9. The van der Waals surface area contributed by atoms with Crippen molar-refractivity contribution < 1.29 is 23.9 Å². The number of carbonyl (C=O) groups excluding carboxylic acids is 3. The number of ether oxygens (including phenoxy) is 2. The van der Waals surface area contributed by atoms with E-state index < -0.39 is 11.9 Å². The Morgan fingerprint density at radius 2 is 1.54 bits per heavy atom. The maximum Gasteiger partial charge on any atom is 0.308 e. The molecule has 0 spiro atoms. The molecule has 1 amide bonds. The number of carbonyl (C=O) groups is 3. The molecule has 0 aromatic heterocycles. The van der Waals surface area contributed by atoms with Gasteiger partial charge in [0, 0.05) is 32.9 Å². The summed E-state index contributed by atoms with van der Waals surface area (Å²) in [6, 6.07) is 13.0. The van der Waals surface area contributed by atoms with Gasteiger partial charge >= 0.3 is 11.9 Å². The number of amides is 1. The second-order valence-corrected chi connectivity index (χ2v) is 6.50. The first-order valence-corrected chi connectivity index (χ1v) is 8.94. The smallest absolute Gasteiger partial charge is 0.308 e. The molecule has 0 atom stereocenters. The third-order valence-corrected chi connectivity index (χ3v) is 4.33. The maximum atomic E-state index is 12.2. The van der Waals surface area contributed by atoms with Crippen molar-refractivity contribution in [1.29, 1.82) is 0 Å². The quantitative estimate of drug-likeness (QED) is 0.603. The summed E-state index contributed by atoms with van der Waals surface area (Å²) in [6.07, 6.45) is 2.51. The normalized spacial score (nSPS) is 14.4. The van der Waals surface area contributed by atoms with Gasteiger partial charge in [-0.15, -0.1) is 0 Å². The van der Waals surface area contributed by atoms with Crippen LogP contribution in [0.4, 0.5) is 0 Å². The van der Waals surface area contributed by atoms with Gasteiger partial charge in [-0.05, 0) is 35.8 Å². The molecule has 0 saturated heterocycles. The molecule has 0 unspecified atom stereocenters. The Hall–Kier alpha value is -3.41. The minimum atomic E-state index is -0.527. The zero-order valence-electron chi connectivity index (χ0n) is 16.0. The van der Waals surface area contributed by atoms with Crippen molar-refractivity contribution in [3.63, 3.8) is 0 Å². The number of hydrogen-bond donors (Lipinski definition) is 0. The molecule has 1 aliphatic heterocycles. The van der Waals surface area contributed by atoms with E-state index in [1.54, 1.807) is 17.0 Å². The number of hydrogen-bond acceptors (Lipinski definition) is 5. The van der Waals surface area contributed by atoms with Crippen LogP contribution in [-0.2, 0) is 20.8 Å². The van der Waals surface area contributed by atoms with E-state index in [1.807, 2.05) is 36.4 Å². The van der Waals surface area contributed by atoms with Gasteiger partial charge in [0.1, 0.15) is 0 Å². The van der Waals surface area contributed by atoms with E-state index >= 15 is 0 Å². The Labute approximate surface area is 163 Å². The van der Waals surface area contributed by atoms with E-state index in [1.165, 1.54) is 20.8 Å². The molecule has 144 valence electrons. The van der Waals surface area contributed by atoms with Crippen molar-refractivity contribution in [1.82, 2.24) is 4.90 Å². The Morgan fingerprint density at radius 3 is 2.11 bits per heavy atom. The Balaban J connectivity index is 2.17. The molecule has 1 heterocycles. The molecule has 0 fully saturated rings. The van der Waals surface area contributed by atoms with Crippen LogP contribution >= 0.6 is 0 Å². The molecule has 3 rings (SSSR count). The molecule has 0 saturated carbocycles. The highest BCUT2D eigenvalue weighted by Crippen LogP contribution is 2.39. The number of esters is 2. The predicted molar refractivity (Wildman–Crippen MR) is 104 cm³/mol. The van der Waals surface area contributed by atoms with Crippen molar-refractivity contribution in [2.45, 2.75) is 27.2 Å². The fourth-order valence-electron chi connectivity index (χ4n) is 3.20. The van der Waals surface area contributed by atoms with Crippen molar-refractivity contribution in [2.75, 3.05) is 6.54 Å². The van der Waals surface area contributed by atoms with Crippen LogP contribution in [-0.4, -0.2) is 29.3 Å². The van der Waals surface area contributed by atoms with E-state index in [0.29, 0.717) is 18.7 Å². The predicted octanol–water partition coefficient (Wildman–Crippen LogP) is 3.44. The van der Waals surface area contributed by atoms with Gasteiger partial charge in [0.25, 0.3) is 0 Å². The summed E-state index contributed by atoms with van der Waals surface area (Å²) >= 11 is 0. The van der Waals surface area contributed by atoms with Crippen molar-refractivity contribution >= 4 is 29.6 Å². The van der Waals surface area contributed by atoms with Crippen LogP contribution in [0, 0.1) is 0 Å². The summed E-state index contributed by atoms with van der Waals surface area (Å²) in [5, 5.41) is 0. The summed E-state index contributed by atoms with van der Waals surface area (Å²) < 4.78 is 10.5. The van der Waals surface area contributed by atoms with Gasteiger partial charge in [0.05, 0.1) is 5.70 Å². The monoisotopic (exact) mass is 379 g/mol. The van der Waals surface area contributed by atoms with E-state index in [2.05, 4.69) is 0 Å². The van der Waals surface area contributed by atoms with Crippen molar-refractivity contribution in [3.8, 4) is 11.5 Å².